The van der Waals surface area contributed by atoms with Crippen molar-refractivity contribution in [2.75, 3.05) is 23.9 Å². The fraction of sp³-hybridized carbons (Fsp3) is 0.464. The predicted octanol–water partition coefficient (Wildman–Crippen LogP) is 7.27. The van der Waals surface area contributed by atoms with E-state index in [1.54, 1.807) is 6.26 Å². The van der Waals surface area contributed by atoms with Gasteiger partial charge in [-0.2, -0.15) is 0 Å². The summed E-state index contributed by atoms with van der Waals surface area (Å²) in [6.45, 7) is 0.948. The van der Waals surface area contributed by atoms with Gasteiger partial charge >= 0.3 is 0 Å². The Hall–Kier alpha value is -1.93. The summed E-state index contributed by atoms with van der Waals surface area (Å²) in [4.78, 5) is 11.9. The number of anilines is 1. The van der Waals surface area contributed by atoms with Gasteiger partial charge in [-0.05, 0) is 72.5 Å². The number of rotatable bonds is 15. The molecule has 0 amide bonds. The summed E-state index contributed by atoms with van der Waals surface area (Å²) in [6, 6.07) is 15.2. The summed E-state index contributed by atoms with van der Waals surface area (Å²) in [5, 5.41) is 4.16. The number of hydrogen-bond donors (Lipinski definition) is 1. The minimum Gasteiger partial charge on any atom is -0.616 e. The van der Waals surface area contributed by atoms with E-state index in [4.69, 9.17) is 11.6 Å². The molecule has 1 unspecified atom stereocenters. The van der Waals surface area contributed by atoms with E-state index in [0.29, 0.717) is 5.56 Å². The molecule has 0 heterocycles. The summed E-state index contributed by atoms with van der Waals surface area (Å²) in [5.41, 5.74) is 2.69. The van der Waals surface area contributed by atoms with E-state index in [9.17, 15) is 9.35 Å². The van der Waals surface area contributed by atoms with Gasteiger partial charge in [-0.1, -0.05) is 68.4 Å². The number of unbranched alkanes of at least 4 members (excludes halogenated alkanes) is 9. The van der Waals surface area contributed by atoms with Gasteiger partial charge in [-0.3, -0.25) is 4.79 Å². The molecule has 0 radical (unpaired) electrons. The summed E-state index contributed by atoms with van der Waals surface area (Å²) < 4.78 is 11.2. The molecule has 0 bridgehead atoms. The van der Waals surface area contributed by atoms with Crippen LogP contribution < -0.4 is 5.32 Å². The summed E-state index contributed by atoms with van der Waals surface area (Å²) in [5.74, 6) is 6.47. The maximum atomic E-state index is 11.9. The Labute approximate surface area is 207 Å². The molecule has 33 heavy (non-hydrogen) atoms. The van der Waals surface area contributed by atoms with E-state index in [1.807, 2.05) is 48.5 Å². The van der Waals surface area contributed by atoms with Crippen LogP contribution in [-0.4, -0.2) is 28.9 Å². The first-order chi connectivity index (χ1) is 16.0. The van der Waals surface area contributed by atoms with Crippen LogP contribution >= 0.6 is 11.6 Å². The average molecular weight is 486 g/mol. The van der Waals surface area contributed by atoms with Crippen LogP contribution in [0.1, 0.15) is 80.1 Å². The lowest BCUT2D eigenvalue weighted by Gasteiger charge is -2.08. The van der Waals surface area contributed by atoms with E-state index in [2.05, 4.69) is 17.2 Å². The largest absolute Gasteiger partial charge is 0.616 e. The Balaban J connectivity index is 1.40. The number of benzene rings is 2. The number of nitrogens with one attached hydrogen (secondary N) is 1. The molecule has 1 N–H and O–H groups in total. The Morgan fingerprint density at radius 2 is 1.45 bits per heavy atom. The van der Waals surface area contributed by atoms with Crippen molar-refractivity contribution in [3.05, 3.63) is 64.7 Å². The topological polar surface area (TPSA) is 52.2 Å². The van der Waals surface area contributed by atoms with Crippen molar-refractivity contribution in [2.24, 2.45) is 0 Å². The highest BCUT2D eigenvalue weighted by Gasteiger charge is 2.11. The van der Waals surface area contributed by atoms with Crippen LogP contribution in [0.25, 0.3) is 0 Å². The van der Waals surface area contributed by atoms with Crippen molar-refractivity contribution in [1.82, 2.24) is 0 Å². The van der Waals surface area contributed by atoms with E-state index in [0.717, 1.165) is 35.7 Å². The van der Waals surface area contributed by atoms with Crippen LogP contribution in [0.15, 0.2) is 48.5 Å². The summed E-state index contributed by atoms with van der Waals surface area (Å²) >= 11 is 4.78. The molecule has 0 spiro atoms. The highest BCUT2D eigenvalue weighted by molar-refractivity contribution is 7.91. The lowest BCUT2D eigenvalue weighted by molar-refractivity contribution is 0.102. The zero-order valence-electron chi connectivity index (χ0n) is 19.7. The highest BCUT2D eigenvalue weighted by Crippen LogP contribution is 2.13. The van der Waals surface area contributed by atoms with Gasteiger partial charge in [0.1, 0.15) is 0 Å². The summed E-state index contributed by atoms with van der Waals surface area (Å²) in [6.07, 6.45) is 13.9. The standard InChI is InChI=1S/C28H36ClNO2S/c1-33(32)23-28(31)25-16-20-27(21-17-25)30-22-12-10-8-6-4-2-3-5-7-9-11-13-24-14-18-26(29)19-15-24/h14-21,30H,2-10,12,22-23H2,1H3. The van der Waals surface area contributed by atoms with Gasteiger partial charge in [-0.15, -0.1) is 0 Å². The van der Waals surface area contributed by atoms with Crippen molar-refractivity contribution in [1.29, 1.82) is 0 Å². The SMILES string of the molecule is C[S+]([O-])CC(=O)c1ccc(NCCCCCCCCCCCC#Cc2ccc(Cl)cc2)cc1. The molecule has 0 aliphatic rings. The molecule has 0 aliphatic carbocycles. The molecule has 0 fully saturated rings. The molecular weight excluding hydrogens is 450 g/mol. The molecule has 0 saturated carbocycles. The molecule has 1 atom stereocenters. The maximum Gasteiger partial charge on any atom is 0.211 e. The number of carbonyl (C=O) groups excluding carboxylic acids is 1. The fourth-order valence-corrected chi connectivity index (χ4v) is 4.21. The fourth-order valence-electron chi connectivity index (χ4n) is 3.55. The second-order valence-corrected chi connectivity index (χ2v) is 10.3. The Morgan fingerprint density at radius 1 is 0.879 bits per heavy atom. The van der Waals surface area contributed by atoms with Crippen LogP contribution in [0.5, 0.6) is 0 Å². The first-order valence-electron chi connectivity index (χ1n) is 12.0. The third-order valence-corrected chi connectivity index (χ3v) is 6.35. The monoisotopic (exact) mass is 485 g/mol. The van der Waals surface area contributed by atoms with Gasteiger partial charge in [-0.25, -0.2) is 0 Å². The van der Waals surface area contributed by atoms with Gasteiger partial charge in [0, 0.05) is 34.8 Å². The van der Waals surface area contributed by atoms with Gasteiger partial charge < -0.3 is 9.87 Å². The molecule has 5 heteroatoms. The van der Waals surface area contributed by atoms with Crippen LogP contribution in [0.2, 0.25) is 5.02 Å². The van der Waals surface area contributed by atoms with Crippen LogP contribution in [0, 0.1) is 11.8 Å². The van der Waals surface area contributed by atoms with E-state index in [1.165, 1.54) is 51.4 Å². The van der Waals surface area contributed by atoms with Gasteiger partial charge in [0.15, 0.2) is 5.75 Å². The molecule has 0 aromatic heterocycles. The second kappa shape index (κ2) is 16.6. The highest BCUT2D eigenvalue weighted by atomic mass is 35.5. The molecular formula is C28H36ClNO2S. The summed E-state index contributed by atoms with van der Waals surface area (Å²) in [7, 11) is 0. The van der Waals surface area contributed by atoms with Crippen molar-refractivity contribution >= 4 is 34.2 Å². The third-order valence-electron chi connectivity index (χ3n) is 5.43. The predicted molar refractivity (Wildman–Crippen MR) is 143 cm³/mol. The lowest BCUT2D eigenvalue weighted by Crippen LogP contribution is -2.14. The van der Waals surface area contributed by atoms with Crippen molar-refractivity contribution in [2.45, 2.75) is 64.2 Å². The Bertz CT molecular complexity index is 870. The number of Topliss-reactive ketones (excluding diaryl/α,β-unsaturated/α-hetero) is 1. The zero-order chi connectivity index (χ0) is 23.7. The first kappa shape index (κ1) is 27.3. The minimum atomic E-state index is -1.09. The van der Waals surface area contributed by atoms with Gasteiger partial charge in [0.2, 0.25) is 5.78 Å². The zero-order valence-corrected chi connectivity index (χ0v) is 21.3. The average Bonchev–Trinajstić information content (AvgIpc) is 2.80. The van der Waals surface area contributed by atoms with Crippen molar-refractivity contribution in [3.63, 3.8) is 0 Å². The van der Waals surface area contributed by atoms with Gasteiger partial charge in [0.05, 0.1) is 6.26 Å². The van der Waals surface area contributed by atoms with E-state index < -0.39 is 11.2 Å². The molecule has 2 aromatic carbocycles. The minimum absolute atomic E-state index is 0.0646. The quantitative estimate of drug-likeness (QED) is 0.125. The van der Waals surface area contributed by atoms with Crippen LogP contribution in [-0.2, 0) is 11.2 Å². The van der Waals surface area contributed by atoms with E-state index in [-0.39, 0.29) is 11.5 Å². The van der Waals surface area contributed by atoms with Crippen LogP contribution in [0.4, 0.5) is 5.69 Å². The number of carbonyl (C=O) groups is 1. The smallest absolute Gasteiger partial charge is 0.211 e. The van der Waals surface area contributed by atoms with Crippen LogP contribution in [0.3, 0.4) is 0 Å². The van der Waals surface area contributed by atoms with E-state index >= 15 is 0 Å². The maximum absolute atomic E-state index is 11.9. The molecule has 2 rings (SSSR count). The molecule has 178 valence electrons. The normalized spacial score (nSPS) is 11.5. The number of halogens is 1. The molecule has 0 aliphatic heterocycles. The van der Waals surface area contributed by atoms with Crippen molar-refractivity contribution < 1.29 is 9.35 Å². The van der Waals surface area contributed by atoms with Gasteiger partial charge in [0.25, 0.3) is 0 Å². The molecule has 3 nitrogen and oxygen atoms in total. The molecule has 2 aromatic rings. The Kier molecular flexibility index (Phi) is 13.8. The third kappa shape index (κ3) is 12.8. The lowest BCUT2D eigenvalue weighted by atomic mass is 10.1. The van der Waals surface area contributed by atoms with Crippen molar-refractivity contribution in [3.8, 4) is 11.8 Å². The number of hydrogen-bond acceptors (Lipinski definition) is 3. The Morgan fingerprint density at radius 3 is 2.06 bits per heavy atom. The molecule has 0 saturated heterocycles. The number of ketones is 1. The first-order valence-corrected chi connectivity index (χ1v) is 14.1. The second-order valence-electron chi connectivity index (χ2n) is 8.39.